The van der Waals surface area contributed by atoms with Crippen molar-refractivity contribution in [1.82, 2.24) is 15.2 Å². The smallest absolute Gasteiger partial charge is 0.227 e. The van der Waals surface area contributed by atoms with E-state index in [0.717, 1.165) is 43.0 Å². The largest absolute Gasteiger partial charge is 0.355 e. The number of benzene rings is 1. The van der Waals surface area contributed by atoms with Crippen molar-refractivity contribution in [3.63, 3.8) is 0 Å². The third-order valence-electron chi connectivity index (χ3n) is 5.25. The molecule has 3 aromatic rings. The van der Waals surface area contributed by atoms with E-state index in [-0.39, 0.29) is 17.7 Å². The van der Waals surface area contributed by atoms with E-state index in [4.69, 9.17) is 0 Å². The Hall–Kier alpha value is -3.81. The second kappa shape index (κ2) is 9.34. The summed E-state index contributed by atoms with van der Waals surface area (Å²) in [5, 5.41) is 14.4. The molecule has 31 heavy (non-hydrogen) atoms. The fraction of sp³-hybridized carbons (Fsp3) is 0.261. The van der Waals surface area contributed by atoms with Crippen LogP contribution in [0.4, 0.5) is 17.2 Å². The van der Waals surface area contributed by atoms with Gasteiger partial charge in [0.15, 0.2) is 5.82 Å². The molecule has 0 saturated carbocycles. The predicted molar refractivity (Wildman–Crippen MR) is 120 cm³/mol. The van der Waals surface area contributed by atoms with Crippen molar-refractivity contribution in [2.24, 2.45) is 5.92 Å². The Bertz CT molecular complexity index is 1050. The molecule has 0 spiro atoms. The van der Waals surface area contributed by atoms with Crippen molar-refractivity contribution >= 4 is 29.0 Å². The number of rotatable bonds is 5. The van der Waals surface area contributed by atoms with E-state index in [2.05, 4.69) is 30.7 Å². The van der Waals surface area contributed by atoms with Crippen LogP contribution in [0.15, 0.2) is 60.9 Å². The van der Waals surface area contributed by atoms with E-state index in [1.165, 1.54) is 6.92 Å². The van der Waals surface area contributed by atoms with Gasteiger partial charge in [0.05, 0.1) is 5.69 Å². The molecule has 1 aromatic carbocycles. The topological polar surface area (TPSA) is 100 Å². The Morgan fingerprint density at radius 1 is 0.968 bits per heavy atom. The minimum absolute atomic E-state index is 0.00219. The number of hydrogen-bond donors (Lipinski definition) is 2. The number of carbonyl (C=O) groups excluding carboxylic acids is 2. The van der Waals surface area contributed by atoms with Crippen LogP contribution in [0.2, 0.25) is 0 Å². The molecule has 3 heterocycles. The maximum atomic E-state index is 12.7. The van der Waals surface area contributed by atoms with Crippen molar-refractivity contribution in [3.8, 4) is 11.3 Å². The summed E-state index contributed by atoms with van der Waals surface area (Å²) in [4.78, 5) is 30.2. The number of nitrogens with one attached hydrogen (secondary N) is 2. The Kier molecular flexibility index (Phi) is 6.16. The summed E-state index contributed by atoms with van der Waals surface area (Å²) < 4.78 is 0. The number of amides is 2. The van der Waals surface area contributed by atoms with Crippen molar-refractivity contribution in [1.29, 1.82) is 0 Å². The molecule has 1 saturated heterocycles. The van der Waals surface area contributed by atoms with Crippen LogP contribution < -0.4 is 15.5 Å². The van der Waals surface area contributed by atoms with Gasteiger partial charge in [-0.05, 0) is 55.3 Å². The Labute approximate surface area is 180 Å². The van der Waals surface area contributed by atoms with Crippen LogP contribution in [0.25, 0.3) is 11.3 Å². The highest BCUT2D eigenvalue weighted by atomic mass is 16.2. The van der Waals surface area contributed by atoms with Crippen LogP contribution >= 0.6 is 0 Å². The molecule has 0 radical (unpaired) electrons. The molecule has 0 unspecified atom stereocenters. The lowest BCUT2D eigenvalue weighted by Crippen LogP contribution is -2.38. The predicted octanol–water partition coefficient (Wildman–Crippen LogP) is 3.35. The molecule has 1 aliphatic heterocycles. The summed E-state index contributed by atoms with van der Waals surface area (Å²) in [6.45, 7) is 2.94. The van der Waals surface area contributed by atoms with E-state index < -0.39 is 0 Å². The van der Waals surface area contributed by atoms with E-state index in [0.29, 0.717) is 11.4 Å². The first-order valence-electron chi connectivity index (χ1n) is 10.3. The molecule has 8 heteroatoms. The molecule has 0 atom stereocenters. The molecule has 1 aliphatic rings. The summed E-state index contributed by atoms with van der Waals surface area (Å²) in [5.74, 6) is 0.600. The fourth-order valence-electron chi connectivity index (χ4n) is 3.66. The van der Waals surface area contributed by atoms with Crippen molar-refractivity contribution in [2.75, 3.05) is 28.6 Å². The fourth-order valence-corrected chi connectivity index (χ4v) is 3.66. The van der Waals surface area contributed by atoms with Crippen LogP contribution in [0, 0.1) is 5.92 Å². The zero-order chi connectivity index (χ0) is 21.6. The van der Waals surface area contributed by atoms with Crippen LogP contribution in [0.5, 0.6) is 0 Å². The average molecular weight is 416 g/mol. The molecular formula is C23H24N6O2. The van der Waals surface area contributed by atoms with Crippen molar-refractivity contribution in [2.45, 2.75) is 19.8 Å². The van der Waals surface area contributed by atoms with Gasteiger partial charge >= 0.3 is 0 Å². The molecule has 2 N–H and O–H groups in total. The van der Waals surface area contributed by atoms with Gasteiger partial charge in [0, 0.05) is 55.3 Å². The van der Waals surface area contributed by atoms with Crippen LogP contribution in [-0.2, 0) is 9.59 Å². The van der Waals surface area contributed by atoms with Crippen molar-refractivity contribution in [3.05, 3.63) is 60.9 Å². The second-order valence-electron chi connectivity index (χ2n) is 7.53. The molecule has 0 aliphatic carbocycles. The maximum absolute atomic E-state index is 12.7. The van der Waals surface area contributed by atoms with E-state index in [1.807, 2.05) is 30.3 Å². The zero-order valence-corrected chi connectivity index (χ0v) is 17.3. The number of anilines is 3. The Balaban J connectivity index is 1.32. The summed E-state index contributed by atoms with van der Waals surface area (Å²) in [6.07, 6.45) is 4.97. The third kappa shape index (κ3) is 5.22. The lowest BCUT2D eigenvalue weighted by Gasteiger charge is -2.31. The molecule has 2 aromatic heterocycles. The number of carbonyl (C=O) groups is 2. The van der Waals surface area contributed by atoms with Gasteiger partial charge in [-0.2, -0.15) is 0 Å². The highest BCUT2D eigenvalue weighted by Crippen LogP contribution is 2.25. The number of aromatic nitrogens is 3. The average Bonchev–Trinajstić information content (AvgIpc) is 2.80. The number of nitrogens with zero attached hydrogens (tertiary/aromatic N) is 4. The van der Waals surface area contributed by atoms with Crippen LogP contribution in [0.1, 0.15) is 19.8 Å². The molecular weight excluding hydrogens is 392 g/mol. The van der Waals surface area contributed by atoms with Gasteiger partial charge in [-0.3, -0.25) is 14.6 Å². The first-order valence-corrected chi connectivity index (χ1v) is 10.3. The molecule has 0 bridgehead atoms. The molecule has 158 valence electrons. The van der Waals surface area contributed by atoms with Crippen LogP contribution in [0.3, 0.4) is 0 Å². The van der Waals surface area contributed by atoms with E-state index in [9.17, 15) is 9.59 Å². The maximum Gasteiger partial charge on any atom is 0.227 e. The lowest BCUT2D eigenvalue weighted by atomic mass is 9.95. The van der Waals surface area contributed by atoms with Gasteiger partial charge < -0.3 is 15.5 Å². The highest BCUT2D eigenvalue weighted by Gasteiger charge is 2.26. The van der Waals surface area contributed by atoms with Gasteiger partial charge in [0.2, 0.25) is 11.8 Å². The number of hydrogen-bond acceptors (Lipinski definition) is 6. The first-order chi connectivity index (χ1) is 15.1. The van der Waals surface area contributed by atoms with E-state index >= 15 is 0 Å². The normalized spacial score (nSPS) is 14.2. The molecule has 4 rings (SSSR count). The molecule has 8 nitrogen and oxygen atoms in total. The van der Waals surface area contributed by atoms with Crippen molar-refractivity contribution < 1.29 is 9.59 Å². The van der Waals surface area contributed by atoms with E-state index in [1.54, 1.807) is 30.6 Å². The SMILES string of the molecule is CC(=O)Nc1cccc(NC(=O)C2CCN(c3ccc(-c4cccnc4)nn3)CC2)c1. The molecule has 2 amide bonds. The first kappa shape index (κ1) is 20.5. The van der Waals surface area contributed by atoms with Gasteiger partial charge in [-0.15, -0.1) is 10.2 Å². The standard InChI is InChI=1S/C23H24N6O2/c1-16(30)25-19-5-2-6-20(14-19)26-23(31)17-9-12-29(13-10-17)22-8-7-21(27-28-22)18-4-3-11-24-15-18/h2-8,11,14-15,17H,9-10,12-13H2,1H3,(H,25,30)(H,26,31). The number of piperidine rings is 1. The van der Waals surface area contributed by atoms with Crippen LogP contribution in [-0.4, -0.2) is 40.1 Å². The molecule has 1 fully saturated rings. The second-order valence-corrected chi connectivity index (χ2v) is 7.53. The summed E-state index contributed by atoms with van der Waals surface area (Å²) in [7, 11) is 0. The highest BCUT2D eigenvalue weighted by molar-refractivity contribution is 5.94. The monoisotopic (exact) mass is 416 g/mol. The zero-order valence-electron chi connectivity index (χ0n) is 17.3. The minimum Gasteiger partial charge on any atom is -0.355 e. The summed E-state index contributed by atoms with van der Waals surface area (Å²) in [5.41, 5.74) is 3.05. The Morgan fingerprint density at radius 3 is 2.39 bits per heavy atom. The van der Waals surface area contributed by atoms with Gasteiger partial charge in [0.25, 0.3) is 0 Å². The van der Waals surface area contributed by atoms with Gasteiger partial charge in [-0.1, -0.05) is 6.07 Å². The third-order valence-corrected chi connectivity index (χ3v) is 5.25. The number of pyridine rings is 1. The van der Waals surface area contributed by atoms with Gasteiger partial charge in [0.1, 0.15) is 0 Å². The quantitative estimate of drug-likeness (QED) is 0.662. The minimum atomic E-state index is -0.146. The lowest BCUT2D eigenvalue weighted by molar-refractivity contribution is -0.120. The Morgan fingerprint density at radius 2 is 1.74 bits per heavy atom. The summed E-state index contributed by atoms with van der Waals surface area (Å²) in [6, 6.07) is 14.9. The summed E-state index contributed by atoms with van der Waals surface area (Å²) >= 11 is 0. The van der Waals surface area contributed by atoms with Gasteiger partial charge in [-0.25, -0.2) is 0 Å².